The number of allylic oxidation sites excluding steroid dienone is 1. The smallest absolute Gasteiger partial charge is 0.130 e. The highest BCUT2D eigenvalue weighted by Crippen LogP contribution is 2.30. The van der Waals surface area contributed by atoms with Crippen molar-refractivity contribution in [3.05, 3.63) is 109 Å². The van der Waals surface area contributed by atoms with E-state index in [9.17, 15) is 0 Å². The molecule has 2 heterocycles. The van der Waals surface area contributed by atoms with Crippen LogP contribution in [0.1, 0.15) is 16.8 Å². The molecular weight excluding hydrogens is 360 g/mol. The summed E-state index contributed by atoms with van der Waals surface area (Å²) in [5.74, 6) is 0.759. The van der Waals surface area contributed by atoms with Crippen LogP contribution in [0.4, 0.5) is 0 Å². The van der Waals surface area contributed by atoms with Gasteiger partial charge in [0.2, 0.25) is 0 Å². The minimum absolute atomic E-state index is 0.396. The number of rotatable bonds is 8. The molecule has 4 aromatic rings. The van der Waals surface area contributed by atoms with Gasteiger partial charge in [-0.05, 0) is 41.8 Å². The molecule has 0 bridgehead atoms. The Labute approximate surface area is 170 Å². The third-order valence-electron chi connectivity index (χ3n) is 4.53. The summed E-state index contributed by atoms with van der Waals surface area (Å²) >= 11 is 0. The topological polar surface area (TPSA) is 52.8 Å². The maximum absolute atomic E-state index is 6.07. The van der Waals surface area contributed by atoms with Gasteiger partial charge < -0.3 is 4.74 Å². The fourth-order valence-corrected chi connectivity index (χ4v) is 3.10. The van der Waals surface area contributed by atoms with Crippen LogP contribution in [-0.4, -0.2) is 20.0 Å². The van der Waals surface area contributed by atoms with Gasteiger partial charge in [0.25, 0.3) is 0 Å². The van der Waals surface area contributed by atoms with E-state index in [2.05, 4.69) is 40.1 Å². The lowest BCUT2D eigenvalue weighted by Gasteiger charge is -2.11. The van der Waals surface area contributed by atoms with Crippen LogP contribution in [0.3, 0.4) is 0 Å². The molecule has 0 aliphatic heterocycles. The lowest BCUT2D eigenvalue weighted by molar-refractivity contribution is 0.302. The fourth-order valence-electron chi connectivity index (χ4n) is 3.10. The zero-order chi connectivity index (χ0) is 19.9. The van der Waals surface area contributed by atoms with E-state index in [0.717, 1.165) is 34.7 Å². The summed E-state index contributed by atoms with van der Waals surface area (Å²) in [6.45, 7) is 4.90. The Morgan fingerprint density at radius 1 is 0.966 bits per heavy atom. The summed E-state index contributed by atoms with van der Waals surface area (Å²) < 4.78 is 7.91. The molecule has 0 radical (unpaired) electrons. The standard InChI is InChI=1S/C24H22N4O/c1-2-8-19-12-13-24(29-18-21-11-6-7-14-25-21)22(15-19)23-17-28(27-26-23)16-20-9-4-3-5-10-20/h2-7,9-15,17H,1,8,16,18H2. The van der Waals surface area contributed by atoms with Crippen LogP contribution in [0, 0.1) is 0 Å². The van der Waals surface area contributed by atoms with E-state index in [-0.39, 0.29) is 0 Å². The molecule has 5 heteroatoms. The molecule has 0 saturated heterocycles. The van der Waals surface area contributed by atoms with E-state index in [1.807, 2.05) is 65.5 Å². The number of aromatic nitrogens is 4. The van der Waals surface area contributed by atoms with Gasteiger partial charge in [-0.15, -0.1) is 11.7 Å². The molecule has 5 nitrogen and oxygen atoms in total. The Morgan fingerprint density at radius 2 is 1.83 bits per heavy atom. The number of ether oxygens (including phenoxy) is 1. The average molecular weight is 382 g/mol. The molecular formula is C24H22N4O. The van der Waals surface area contributed by atoms with Crippen molar-refractivity contribution in [2.75, 3.05) is 0 Å². The predicted octanol–water partition coefficient (Wildman–Crippen LogP) is 4.70. The first-order valence-electron chi connectivity index (χ1n) is 9.53. The summed E-state index contributed by atoms with van der Waals surface area (Å²) in [5.41, 5.74) is 4.90. The molecule has 0 aliphatic rings. The van der Waals surface area contributed by atoms with E-state index in [1.54, 1.807) is 6.20 Å². The van der Waals surface area contributed by atoms with Crippen molar-refractivity contribution in [3.63, 3.8) is 0 Å². The zero-order valence-corrected chi connectivity index (χ0v) is 16.1. The lowest BCUT2D eigenvalue weighted by Crippen LogP contribution is -2.00. The number of benzene rings is 2. The van der Waals surface area contributed by atoms with Gasteiger partial charge >= 0.3 is 0 Å². The number of nitrogens with zero attached hydrogens (tertiary/aromatic N) is 4. The molecule has 0 atom stereocenters. The van der Waals surface area contributed by atoms with Crippen LogP contribution in [0.2, 0.25) is 0 Å². The van der Waals surface area contributed by atoms with Gasteiger partial charge in [0.1, 0.15) is 18.1 Å². The van der Waals surface area contributed by atoms with E-state index in [1.165, 1.54) is 5.56 Å². The normalized spacial score (nSPS) is 10.6. The maximum atomic E-state index is 6.07. The molecule has 0 saturated carbocycles. The Balaban J connectivity index is 1.60. The summed E-state index contributed by atoms with van der Waals surface area (Å²) in [5, 5.41) is 8.69. The number of hydrogen-bond donors (Lipinski definition) is 0. The Bertz CT molecular complexity index is 1070. The Hall–Kier alpha value is -3.73. The SMILES string of the molecule is C=CCc1ccc(OCc2ccccn2)c(-c2cn(Cc3ccccc3)nn2)c1. The van der Waals surface area contributed by atoms with E-state index < -0.39 is 0 Å². The van der Waals surface area contributed by atoms with Crippen molar-refractivity contribution in [2.45, 2.75) is 19.6 Å². The van der Waals surface area contributed by atoms with Crippen LogP contribution in [-0.2, 0) is 19.6 Å². The van der Waals surface area contributed by atoms with Crippen molar-refractivity contribution < 1.29 is 4.74 Å². The predicted molar refractivity (Wildman–Crippen MR) is 113 cm³/mol. The van der Waals surface area contributed by atoms with E-state index in [4.69, 9.17) is 4.74 Å². The maximum Gasteiger partial charge on any atom is 0.130 e. The first-order chi connectivity index (χ1) is 14.3. The number of pyridine rings is 1. The monoisotopic (exact) mass is 382 g/mol. The molecule has 0 fully saturated rings. The summed E-state index contributed by atoms with van der Waals surface area (Å²) in [7, 11) is 0. The van der Waals surface area contributed by atoms with Gasteiger partial charge in [-0.25, -0.2) is 4.68 Å². The third-order valence-corrected chi connectivity index (χ3v) is 4.53. The zero-order valence-electron chi connectivity index (χ0n) is 16.1. The van der Waals surface area contributed by atoms with Crippen molar-refractivity contribution >= 4 is 0 Å². The molecule has 0 N–H and O–H groups in total. The summed E-state index contributed by atoms with van der Waals surface area (Å²) in [4.78, 5) is 4.32. The first kappa shape index (κ1) is 18.6. The van der Waals surface area contributed by atoms with E-state index in [0.29, 0.717) is 13.2 Å². The lowest BCUT2D eigenvalue weighted by atomic mass is 10.0. The minimum Gasteiger partial charge on any atom is -0.487 e. The van der Waals surface area contributed by atoms with Crippen molar-refractivity contribution in [3.8, 4) is 17.0 Å². The van der Waals surface area contributed by atoms with Crippen molar-refractivity contribution in [2.24, 2.45) is 0 Å². The highest BCUT2D eigenvalue weighted by Gasteiger charge is 2.12. The van der Waals surface area contributed by atoms with Gasteiger partial charge in [-0.3, -0.25) is 4.98 Å². The van der Waals surface area contributed by atoms with Crippen molar-refractivity contribution in [1.82, 2.24) is 20.0 Å². The summed E-state index contributed by atoms with van der Waals surface area (Å²) in [6, 6.07) is 22.1. The molecule has 29 heavy (non-hydrogen) atoms. The van der Waals surface area contributed by atoms with Gasteiger partial charge in [0.05, 0.1) is 18.4 Å². The molecule has 0 spiro atoms. The molecule has 2 aromatic carbocycles. The largest absolute Gasteiger partial charge is 0.487 e. The minimum atomic E-state index is 0.396. The third kappa shape index (κ3) is 4.76. The van der Waals surface area contributed by atoms with Crippen LogP contribution in [0.15, 0.2) is 91.8 Å². The van der Waals surface area contributed by atoms with Crippen LogP contribution < -0.4 is 4.74 Å². The Morgan fingerprint density at radius 3 is 2.62 bits per heavy atom. The highest BCUT2D eigenvalue weighted by molar-refractivity contribution is 5.67. The fraction of sp³-hybridized carbons (Fsp3) is 0.125. The van der Waals surface area contributed by atoms with Crippen molar-refractivity contribution in [1.29, 1.82) is 0 Å². The second-order valence-corrected chi connectivity index (χ2v) is 6.72. The molecule has 0 aliphatic carbocycles. The van der Waals surface area contributed by atoms with Crippen LogP contribution in [0.5, 0.6) is 5.75 Å². The Kier molecular flexibility index (Phi) is 5.76. The summed E-state index contributed by atoms with van der Waals surface area (Å²) in [6.07, 6.45) is 6.39. The number of hydrogen-bond acceptors (Lipinski definition) is 4. The van der Waals surface area contributed by atoms with Gasteiger partial charge in [-0.2, -0.15) is 0 Å². The quantitative estimate of drug-likeness (QED) is 0.415. The average Bonchev–Trinajstić information content (AvgIpc) is 3.23. The van der Waals surface area contributed by atoms with Crippen LogP contribution in [0.25, 0.3) is 11.3 Å². The van der Waals surface area contributed by atoms with Gasteiger partial charge in [0.15, 0.2) is 0 Å². The second kappa shape index (κ2) is 8.97. The molecule has 144 valence electrons. The second-order valence-electron chi connectivity index (χ2n) is 6.72. The first-order valence-corrected chi connectivity index (χ1v) is 9.53. The highest BCUT2D eigenvalue weighted by atomic mass is 16.5. The molecule has 0 amide bonds. The van der Waals surface area contributed by atoms with Crippen LogP contribution >= 0.6 is 0 Å². The van der Waals surface area contributed by atoms with E-state index >= 15 is 0 Å². The molecule has 2 aromatic heterocycles. The molecule has 0 unspecified atom stereocenters. The molecule has 4 rings (SSSR count). The van der Waals surface area contributed by atoms with Gasteiger partial charge in [-0.1, -0.05) is 53.8 Å². The van der Waals surface area contributed by atoms with Gasteiger partial charge in [0, 0.05) is 11.8 Å².